The first-order valence-corrected chi connectivity index (χ1v) is 4.89. The van der Waals surface area contributed by atoms with E-state index in [-0.39, 0.29) is 18.0 Å². The molecule has 2 N–H and O–H groups in total. The third-order valence-electron chi connectivity index (χ3n) is 1.86. The van der Waals surface area contributed by atoms with Gasteiger partial charge in [0.25, 0.3) is 0 Å². The highest BCUT2D eigenvalue weighted by Crippen LogP contribution is 2.17. The van der Waals surface area contributed by atoms with Crippen molar-refractivity contribution >= 4 is 5.97 Å². The summed E-state index contributed by atoms with van der Waals surface area (Å²) in [5.74, 6) is -0.364. The molecule has 0 bridgehead atoms. The van der Waals surface area contributed by atoms with E-state index in [4.69, 9.17) is 15.2 Å². The lowest BCUT2D eigenvalue weighted by molar-refractivity contribution is -0.149. The lowest BCUT2D eigenvalue weighted by Gasteiger charge is -2.24. The molecular weight excluding hydrogens is 182 g/mol. The van der Waals surface area contributed by atoms with Gasteiger partial charge in [-0.15, -0.1) is 0 Å². The van der Waals surface area contributed by atoms with E-state index < -0.39 is 6.04 Å². The van der Waals surface area contributed by atoms with Gasteiger partial charge in [0.2, 0.25) is 0 Å². The molecule has 0 saturated carbocycles. The van der Waals surface area contributed by atoms with Gasteiger partial charge in [0.1, 0.15) is 12.6 Å². The minimum Gasteiger partial charge on any atom is -0.462 e. The highest BCUT2D eigenvalue weighted by atomic mass is 16.6. The van der Waals surface area contributed by atoms with E-state index in [1.807, 2.05) is 27.7 Å². The summed E-state index contributed by atoms with van der Waals surface area (Å²) in [6, 6.07) is -0.580. The fraction of sp³-hybridized carbons (Fsp3) is 0.900. The van der Waals surface area contributed by atoms with Crippen molar-refractivity contribution in [3.63, 3.8) is 0 Å². The predicted molar refractivity (Wildman–Crippen MR) is 54.9 cm³/mol. The zero-order valence-corrected chi connectivity index (χ0v) is 9.50. The first-order chi connectivity index (χ1) is 6.39. The van der Waals surface area contributed by atoms with E-state index in [0.717, 1.165) is 0 Å². The Morgan fingerprint density at radius 2 is 1.93 bits per heavy atom. The molecule has 0 aliphatic carbocycles. The SMILES string of the molecule is CCOCCOC(=O)[C@@H](N)C(C)(C)C. The van der Waals surface area contributed by atoms with Gasteiger partial charge < -0.3 is 15.2 Å². The van der Waals surface area contributed by atoms with E-state index >= 15 is 0 Å². The van der Waals surface area contributed by atoms with Crippen LogP contribution in [0.2, 0.25) is 0 Å². The number of ether oxygens (including phenoxy) is 2. The zero-order chi connectivity index (χ0) is 11.2. The molecular formula is C10H21NO3. The van der Waals surface area contributed by atoms with Crippen LogP contribution in [-0.2, 0) is 14.3 Å². The molecule has 14 heavy (non-hydrogen) atoms. The van der Waals surface area contributed by atoms with Gasteiger partial charge in [-0.05, 0) is 12.3 Å². The number of carbonyl (C=O) groups excluding carboxylic acids is 1. The van der Waals surface area contributed by atoms with Crippen LogP contribution in [0.25, 0.3) is 0 Å². The minimum absolute atomic E-state index is 0.261. The molecule has 0 spiro atoms. The molecule has 4 nitrogen and oxygen atoms in total. The van der Waals surface area contributed by atoms with Gasteiger partial charge in [-0.1, -0.05) is 20.8 Å². The van der Waals surface area contributed by atoms with Crippen LogP contribution >= 0.6 is 0 Å². The summed E-state index contributed by atoms with van der Waals surface area (Å²) in [4.78, 5) is 11.4. The van der Waals surface area contributed by atoms with Crippen molar-refractivity contribution in [1.82, 2.24) is 0 Å². The summed E-state index contributed by atoms with van der Waals surface area (Å²) in [7, 11) is 0. The Morgan fingerprint density at radius 1 is 1.36 bits per heavy atom. The summed E-state index contributed by atoms with van der Waals surface area (Å²) in [6.45, 7) is 8.94. The summed E-state index contributed by atoms with van der Waals surface area (Å²) < 4.78 is 9.97. The van der Waals surface area contributed by atoms with Gasteiger partial charge in [-0.3, -0.25) is 4.79 Å². The molecule has 0 aromatic rings. The Hall–Kier alpha value is -0.610. The largest absolute Gasteiger partial charge is 0.462 e. The van der Waals surface area contributed by atoms with Gasteiger partial charge in [0, 0.05) is 6.61 Å². The second-order valence-electron chi connectivity index (χ2n) is 4.21. The number of carbonyl (C=O) groups is 1. The highest BCUT2D eigenvalue weighted by Gasteiger charge is 2.28. The Bertz CT molecular complexity index is 175. The van der Waals surface area contributed by atoms with Crippen molar-refractivity contribution in [2.75, 3.05) is 19.8 Å². The predicted octanol–water partition coefficient (Wildman–Crippen LogP) is 0.939. The van der Waals surface area contributed by atoms with E-state index in [9.17, 15) is 4.79 Å². The number of esters is 1. The molecule has 0 saturated heterocycles. The normalized spacial score (nSPS) is 13.8. The second kappa shape index (κ2) is 5.98. The monoisotopic (exact) mass is 203 g/mol. The lowest BCUT2D eigenvalue weighted by Crippen LogP contribution is -2.43. The molecule has 0 aromatic carbocycles. The van der Waals surface area contributed by atoms with E-state index in [1.165, 1.54) is 0 Å². The molecule has 0 heterocycles. The molecule has 0 fully saturated rings. The van der Waals surface area contributed by atoms with Gasteiger partial charge in [-0.2, -0.15) is 0 Å². The molecule has 0 rings (SSSR count). The van der Waals surface area contributed by atoms with Crippen molar-refractivity contribution in [3.8, 4) is 0 Å². The van der Waals surface area contributed by atoms with Crippen molar-refractivity contribution in [3.05, 3.63) is 0 Å². The number of hydrogen-bond acceptors (Lipinski definition) is 4. The van der Waals surface area contributed by atoms with Crippen molar-refractivity contribution in [2.45, 2.75) is 33.7 Å². The lowest BCUT2D eigenvalue weighted by atomic mass is 9.87. The van der Waals surface area contributed by atoms with Crippen LogP contribution in [0.15, 0.2) is 0 Å². The minimum atomic E-state index is -0.580. The standard InChI is InChI=1S/C10H21NO3/c1-5-13-6-7-14-9(12)8(11)10(2,3)4/h8H,5-7,11H2,1-4H3/t8-/m1/s1. The van der Waals surface area contributed by atoms with E-state index in [2.05, 4.69) is 0 Å². The molecule has 1 atom stereocenters. The molecule has 0 aliphatic heterocycles. The van der Waals surface area contributed by atoms with Gasteiger partial charge in [0.15, 0.2) is 0 Å². The Kier molecular flexibility index (Phi) is 5.72. The van der Waals surface area contributed by atoms with Crippen LogP contribution < -0.4 is 5.73 Å². The third-order valence-corrected chi connectivity index (χ3v) is 1.86. The smallest absolute Gasteiger partial charge is 0.323 e. The number of hydrogen-bond donors (Lipinski definition) is 1. The topological polar surface area (TPSA) is 61.5 Å². The number of nitrogens with two attached hydrogens (primary N) is 1. The maximum Gasteiger partial charge on any atom is 0.323 e. The van der Waals surface area contributed by atoms with E-state index in [1.54, 1.807) is 0 Å². The Balaban J connectivity index is 3.74. The Labute approximate surface area is 85.8 Å². The average molecular weight is 203 g/mol. The van der Waals surface area contributed by atoms with Gasteiger partial charge in [-0.25, -0.2) is 0 Å². The summed E-state index contributed by atoms with van der Waals surface area (Å²) in [5.41, 5.74) is 5.43. The van der Waals surface area contributed by atoms with Crippen LogP contribution in [0.5, 0.6) is 0 Å². The molecule has 0 unspecified atom stereocenters. The fourth-order valence-corrected chi connectivity index (χ4v) is 0.789. The van der Waals surface area contributed by atoms with E-state index in [0.29, 0.717) is 13.2 Å². The fourth-order valence-electron chi connectivity index (χ4n) is 0.789. The quantitative estimate of drug-likeness (QED) is 0.533. The van der Waals surface area contributed by atoms with Crippen molar-refractivity contribution in [2.24, 2.45) is 11.1 Å². The molecule has 0 amide bonds. The van der Waals surface area contributed by atoms with Crippen LogP contribution in [-0.4, -0.2) is 31.8 Å². The molecule has 0 aromatic heterocycles. The van der Waals surface area contributed by atoms with Crippen molar-refractivity contribution < 1.29 is 14.3 Å². The third kappa shape index (κ3) is 5.19. The summed E-state index contributed by atoms with van der Waals surface area (Å²) in [5, 5.41) is 0. The van der Waals surface area contributed by atoms with Crippen LogP contribution in [0.4, 0.5) is 0 Å². The maximum absolute atomic E-state index is 11.4. The van der Waals surface area contributed by atoms with Gasteiger partial charge in [0.05, 0.1) is 6.61 Å². The molecule has 84 valence electrons. The first kappa shape index (κ1) is 13.4. The maximum atomic E-state index is 11.4. The first-order valence-electron chi connectivity index (χ1n) is 4.89. The van der Waals surface area contributed by atoms with Crippen LogP contribution in [0, 0.1) is 5.41 Å². The summed E-state index contributed by atoms with van der Waals surface area (Å²) in [6.07, 6.45) is 0. The molecule has 0 aliphatic rings. The van der Waals surface area contributed by atoms with Crippen LogP contribution in [0.3, 0.4) is 0 Å². The highest BCUT2D eigenvalue weighted by molar-refractivity contribution is 5.76. The van der Waals surface area contributed by atoms with Gasteiger partial charge >= 0.3 is 5.97 Å². The zero-order valence-electron chi connectivity index (χ0n) is 9.50. The Morgan fingerprint density at radius 3 is 2.36 bits per heavy atom. The van der Waals surface area contributed by atoms with Crippen molar-refractivity contribution in [1.29, 1.82) is 0 Å². The van der Waals surface area contributed by atoms with Crippen LogP contribution in [0.1, 0.15) is 27.7 Å². The average Bonchev–Trinajstić information content (AvgIpc) is 2.09. The second-order valence-corrected chi connectivity index (χ2v) is 4.21. The summed E-state index contributed by atoms with van der Waals surface area (Å²) >= 11 is 0. The number of rotatable bonds is 5. The molecule has 0 radical (unpaired) electrons. The molecule has 4 heteroatoms.